The molecule has 48 heavy (non-hydrogen) atoms. The van der Waals surface area contributed by atoms with E-state index in [0.29, 0.717) is 59.0 Å². The van der Waals surface area contributed by atoms with E-state index in [1.54, 1.807) is 18.2 Å². The number of ether oxygens (including phenoxy) is 3. The lowest BCUT2D eigenvalue weighted by molar-refractivity contribution is 0.0716. The van der Waals surface area contributed by atoms with E-state index in [0.717, 1.165) is 43.2 Å². The summed E-state index contributed by atoms with van der Waals surface area (Å²) in [5.74, 6) is 1.51. The van der Waals surface area contributed by atoms with Gasteiger partial charge in [-0.2, -0.15) is 0 Å². The number of anilines is 1. The third-order valence-electron chi connectivity index (χ3n) is 8.14. The monoisotopic (exact) mass is 694 g/mol. The second-order valence-electron chi connectivity index (χ2n) is 13.3. The van der Waals surface area contributed by atoms with Crippen LogP contribution in [0.3, 0.4) is 0 Å². The summed E-state index contributed by atoms with van der Waals surface area (Å²) in [4.78, 5) is 23.4. The molecule has 258 valence electrons. The predicted molar refractivity (Wildman–Crippen MR) is 193 cm³/mol. The van der Waals surface area contributed by atoms with E-state index in [-0.39, 0.29) is 18.7 Å². The summed E-state index contributed by atoms with van der Waals surface area (Å²) in [6.07, 6.45) is 2.89. The molecule has 0 spiro atoms. The maximum atomic E-state index is 12.2. The Kier molecular flexibility index (Phi) is 12.0. The van der Waals surface area contributed by atoms with E-state index >= 15 is 0 Å². The molecule has 1 saturated carbocycles. The van der Waals surface area contributed by atoms with Crippen LogP contribution < -0.4 is 20.1 Å². The van der Waals surface area contributed by atoms with Gasteiger partial charge in [-0.25, -0.2) is 14.8 Å². The van der Waals surface area contributed by atoms with E-state index < -0.39 is 14.2 Å². The maximum absolute atomic E-state index is 12.2. The fourth-order valence-electron chi connectivity index (χ4n) is 5.12. The van der Waals surface area contributed by atoms with Gasteiger partial charge in [-0.05, 0) is 80.0 Å². The van der Waals surface area contributed by atoms with E-state index in [1.165, 1.54) is 6.33 Å². The Bertz CT molecular complexity index is 1670. The van der Waals surface area contributed by atoms with E-state index in [9.17, 15) is 9.90 Å². The molecule has 1 atom stereocenters. The number of fused-ring (bicyclic) bond motifs is 1. The molecule has 1 aliphatic carbocycles. The zero-order valence-electron chi connectivity index (χ0n) is 28.5. The van der Waals surface area contributed by atoms with E-state index in [2.05, 4.69) is 59.0 Å². The van der Waals surface area contributed by atoms with Crippen molar-refractivity contribution in [2.45, 2.75) is 71.3 Å². The molecule has 2 aromatic carbocycles. The Hall–Kier alpha value is -3.68. The average molecular weight is 695 g/mol. The highest BCUT2D eigenvalue weighted by atomic mass is 35.5. The number of benzene rings is 2. The summed E-state index contributed by atoms with van der Waals surface area (Å²) >= 11 is 6.51. The molecule has 2 heterocycles. The summed E-state index contributed by atoms with van der Waals surface area (Å²) in [7, 11) is -1.27. The van der Waals surface area contributed by atoms with Gasteiger partial charge in [0.2, 0.25) is 5.88 Å². The lowest BCUT2D eigenvalue weighted by Crippen LogP contribution is -2.35. The smallest absolute Gasteiger partial charge is 0.319 e. The van der Waals surface area contributed by atoms with Crippen LogP contribution in [0.1, 0.15) is 26.7 Å². The molecule has 3 N–H and O–H groups in total. The van der Waals surface area contributed by atoms with Crippen LogP contribution in [0.25, 0.3) is 22.3 Å². The summed E-state index contributed by atoms with van der Waals surface area (Å²) in [5.41, 5.74) is 2.98. The molecule has 1 fully saturated rings. The molecule has 4 aromatic rings. The van der Waals surface area contributed by atoms with Crippen molar-refractivity contribution in [3.63, 3.8) is 0 Å². The van der Waals surface area contributed by atoms with Gasteiger partial charge in [-0.15, -0.1) is 0 Å². The average Bonchev–Trinajstić information content (AvgIpc) is 3.79. The summed E-state index contributed by atoms with van der Waals surface area (Å²) in [6, 6.07) is 15.9. The van der Waals surface area contributed by atoms with Crippen LogP contribution in [-0.2, 0) is 11.5 Å². The molecule has 11 nitrogen and oxygen atoms in total. The summed E-state index contributed by atoms with van der Waals surface area (Å²) < 4.78 is 20.4. The van der Waals surface area contributed by atoms with Crippen molar-refractivity contribution >= 4 is 42.4 Å². The van der Waals surface area contributed by atoms with Crippen molar-refractivity contribution in [2.75, 3.05) is 38.2 Å². The van der Waals surface area contributed by atoms with Gasteiger partial charge >= 0.3 is 6.03 Å². The highest BCUT2D eigenvalue weighted by Gasteiger charge is 2.24. The van der Waals surface area contributed by atoms with Gasteiger partial charge < -0.3 is 39.4 Å². The summed E-state index contributed by atoms with van der Waals surface area (Å²) in [6.45, 7) is 14.7. The molecule has 0 unspecified atom stereocenters. The van der Waals surface area contributed by atoms with E-state index in [4.69, 9.17) is 25.8 Å². The van der Waals surface area contributed by atoms with Crippen LogP contribution in [-0.4, -0.2) is 83.6 Å². The SMILES string of the molecule is CCN(CC)C[C@@H](O)COc1ccc(-c2cc3c(Oc4ccc(NC(=O)NC5CC5)c(Cl)c4)ncnc3n2COCC[Si](C)(C)C)cc1. The first-order chi connectivity index (χ1) is 23.0. The molecule has 5 rings (SSSR count). The van der Waals surface area contributed by atoms with Crippen LogP contribution in [0.5, 0.6) is 17.4 Å². The van der Waals surface area contributed by atoms with Crippen molar-refractivity contribution in [3.05, 3.63) is 59.9 Å². The fourth-order valence-corrected chi connectivity index (χ4v) is 6.09. The summed E-state index contributed by atoms with van der Waals surface area (Å²) in [5, 5.41) is 17.2. The fraction of sp³-hybridized carbons (Fsp3) is 0.457. The first kappa shape index (κ1) is 35.6. The zero-order chi connectivity index (χ0) is 34.3. The van der Waals surface area contributed by atoms with Crippen molar-refractivity contribution in [3.8, 4) is 28.6 Å². The Labute approximate surface area is 288 Å². The minimum Gasteiger partial charge on any atom is -0.491 e. The third-order valence-corrected chi connectivity index (χ3v) is 10.2. The molecular formula is C35H47ClN6O5Si. The largest absolute Gasteiger partial charge is 0.491 e. The first-order valence-corrected chi connectivity index (χ1v) is 20.7. The maximum Gasteiger partial charge on any atom is 0.319 e. The third kappa shape index (κ3) is 9.92. The van der Waals surface area contributed by atoms with Gasteiger partial charge in [0.25, 0.3) is 0 Å². The van der Waals surface area contributed by atoms with E-state index in [1.807, 2.05) is 34.9 Å². The lowest BCUT2D eigenvalue weighted by Gasteiger charge is -2.22. The van der Waals surface area contributed by atoms with Gasteiger partial charge in [0, 0.05) is 33.3 Å². The first-order valence-electron chi connectivity index (χ1n) is 16.6. The molecule has 0 aliphatic heterocycles. The highest BCUT2D eigenvalue weighted by molar-refractivity contribution is 6.76. The number of halogens is 1. The number of carbonyl (C=O) groups excluding carboxylic acids is 1. The van der Waals surface area contributed by atoms with Crippen LogP contribution in [0.15, 0.2) is 54.9 Å². The number of rotatable bonds is 17. The molecule has 1 aliphatic rings. The van der Waals surface area contributed by atoms with Crippen LogP contribution in [0.2, 0.25) is 30.7 Å². The molecule has 13 heteroatoms. The van der Waals surface area contributed by atoms with Gasteiger partial charge in [-0.1, -0.05) is 45.1 Å². The second-order valence-corrected chi connectivity index (χ2v) is 19.3. The number of urea groups is 1. The minimum atomic E-state index is -1.27. The molecular weight excluding hydrogens is 648 g/mol. The van der Waals surface area contributed by atoms with Crippen molar-refractivity contribution < 1.29 is 24.1 Å². The number of likely N-dealkylation sites (N-methyl/N-ethyl adjacent to an activating group) is 1. The molecule has 0 saturated heterocycles. The Morgan fingerprint density at radius 1 is 1.08 bits per heavy atom. The number of aromatic nitrogens is 3. The number of aliphatic hydroxyl groups excluding tert-OH is 1. The van der Waals surface area contributed by atoms with Gasteiger partial charge in [-0.3, -0.25) is 0 Å². The number of aliphatic hydroxyl groups is 1. The van der Waals surface area contributed by atoms with Gasteiger partial charge in [0.15, 0.2) is 0 Å². The van der Waals surface area contributed by atoms with Crippen molar-refractivity contribution in [2.24, 2.45) is 0 Å². The van der Waals surface area contributed by atoms with Crippen molar-refractivity contribution in [1.29, 1.82) is 0 Å². The highest BCUT2D eigenvalue weighted by Crippen LogP contribution is 2.36. The molecule has 0 bridgehead atoms. The topological polar surface area (TPSA) is 123 Å². The van der Waals surface area contributed by atoms with Gasteiger partial charge in [0.05, 0.1) is 21.8 Å². The Morgan fingerprint density at radius 3 is 2.48 bits per heavy atom. The number of hydrogen-bond acceptors (Lipinski definition) is 8. The Balaban J connectivity index is 1.36. The number of hydrogen-bond donors (Lipinski definition) is 3. The lowest BCUT2D eigenvalue weighted by atomic mass is 10.1. The number of nitrogens with one attached hydrogen (secondary N) is 2. The number of nitrogens with zero attached hydrogens (tertiary/aromatic N) is 4. The molecule has 0 radical (unpaired) electrons. The second kappa shape index (κ2) is 16.1. The Morgan fingerprint density at radius 2 is 1.81 bits per heavy atom. The number of carbonyl (C=O) groups is 1. The standard InChI is InChI=1S/C35H47ClN6O5Si/c1-6-41(7-2)20-26(43)21-46-27-12-8-24(9-13-27)32-19-29-33(42(32)23-45-16-17-48(3,4)5)37-22-38-34(29)47-28-14-15-31(30(36)18-28)40-35(44)39-25-10-11-25/h8-9,12-15,18-19,22,25-26,43H,6-7,10-11,16-17,20-21,23H2,1-5H3,(H2,39,40,44)/t26-/m1/s1. The quantitative estimate of drug-likeness (QED) is 0.0782. The van der Waals surface area contributed by atoms with Crippen LogP contribution >= 0.6 is 11.6 Å². The van der Waals surface area contributed by atoms with Crippen LogP contribution in [0.4, 0.5) is 10.5 Å². The van der Waals surface area contributed by atoms with Crippen LogP contribution in [0, 0.1) is 0 Å². The minimum absolute atomic E-state index is 0.214. The van der Waals surface area contributed by atoms with Gasteiger partial charge in [0.1, 0.15) is 42.9 Å². The molecule has 2 aromatic heterocycles. The normalized spacial score (nSPS) is 13.9. The van der Waals surface area contributed by atoms with Crippen molar-refractivity contribution in [1.82, 2.24) is 24.8 Å². The predicted octanol–water partition coefficient (Wildman–Crippen LogP) is 7.22. The molecule has 2 amide bonds. The zero-order valence-corrected chi connectivity index (χ0v) is 30.2. The number of amides is 2.